The van der Waals surface area contributed by atoms with Crippen molar-refractivity contribution >= 4 is 5.91 Å². The zero-order chi connectivity index (χ0) is 12.0. The first-order valence-electron chi connectivity index (χ1n) is 6.61. The molecule has 4 heteroatoms. The van der Waals surface area contributed by atoms with Gasteiger partial charge in [-0.2, -0.15) is 0 Å². The van der Waals surface area contributed by atoms with Crippen molar-refractivity contribution in [3.05, 3.63) is 0 Å². The van der Waals surface area contributed by atoms with E-state index in [1.54, 1.807) is 7.11 Å². The SMILES string of the molecule is COC1CCC2C(C1)OC1C(=O)NCCC12C. The van der Waals surface area contributed by atoms with Crippen LogP contribution in [0.1, 0.15) is 32.6 Å². The van der Waals surface area contributed by atoms with E-state index in [0.29, 0.717) is 12.0 Å². The minimum Gasteiger partial charge on any atom is -0.381 e. The highest BCUT2D eigenvalue weighted by atomic mass is 16.5. The van der Waals surface area contributed by atoms with Crippen LogP contribution in [0, 0.1) is 11.3 Å². The molecule has 0 aromatic heterocycles. The summed E-state index contributed by atoms with van der Waals surface area (Å²) < 4.78 is 11.5. The van der Waals surface area contributed by atoms with Crippen LogP contribution in [-0.4, -0.2) is 37.9 Å². The summed E-state index contributed by atoms with van der Waals surface area (Å²) in [5.74, 6) is 0.618. The topological polar surface area (TPSA) is 47.6 Å². The maximum Gasteiger partial charge on any atom is 0.249 e. The van der Waals surface area contributed by atoms with Gasteiger partial charge in [-0.25, -0.2) is 0 Å². The Hall–Kier alpha value is -0.610. The predicted molar refractivity (Wildman–Crippen MR) is 62.5 cm³/mol. The molecule has 5 atom stereocenters. The van der Waals surface area contributed by atoms with E-state index in [0.717, 1.165) is 32.2 Å². The second-order valence-corrected chi connectivity index (χ2v) is 5.88. The van der Waals surface area contributed by atoms with E-state index in [1.165, 1.54) is 0 Å². The molecule has 5 unspecified atom stereocenters. The van der Waals surface area contributed by atoms with Gasteiger partial charge in [-0.05, 0) is 25.2 Å². The van der Waals surface area contributed by atoms with Gasteiger partial charge < -0.3 is 14.8 Å². The first kappa shape index (κ1) is 11.5. The second-order valence-electron chi connectivity index (χ2n) is 5.88. The van der Waals surface area contributed by atoms with Crippen molar-refractivity contribution in [2.24, 2.45) is 11.3 Å². The molecule has 3 fully saturated rings. The van der Waals surface area contributed by atoms with E-state index in [2.05, 4.69) is 12.2 Å². The maximum absolute atomic E-state index is 11.9. The average Bonchev–Trinajstić information content (AvgIpc) is 2.63. The highest BCUT2D eigenvalue weighted by molar-refractivity contribution is 5.83. The van der Waals surface area contributed by atoms with Gasteiger partial charge in [0.25, 0.3) is 0 Å². The van der Waals surface area contributed by atoms with Gasteiger partial charge >= 0.3 is 0 Å². The maximum atomic E-state index is 11.9. The van der Waals surface area contributed by atoms with Crippen molar-refractivity contribution in [3.63, 3.8) is 0 Å². The zero-order valence-corrected chi connectivity index (χ0v) is 10.6. The van der Waals surface area contributed by atoms with Crippen molar-refractivity contribution in [2.45, 2.75) is 50.9 Å². The smallest absolute Gasteiger partial charge is 0.249 e. The van der Waals surface area contributed by atoms with Crippen LogP contribution >= 0.6 is 0 Å². The van der Waals surface area contributed by atoms with Gasteiger partial charge in [0.1, 0.15) is 6.10 Å². The van der Waals surface area contributed by atoms with E-state index >= 15 is 0 Å². The molecular formula is C13H21NO3. The number of hydrogen-bond donors (Lipinski definition) is 1. The molecule has 1 N–H and O–H groups in total. The molecule has 0 aromatic rings. The molecule has 4 nitrogen and oxygen atoms in total. The summed E-state index contributed by atoms with van der Waals surface area (Å²) in [7, 11) is 1.77. The van der Waals surface area contributed by atoms with Crippen molar-refractivity contribution in [3.8, 4) is 0 Å². The quantitative estimate of drug-likeness (QED) is 0.745. The van der Waals surface area contributed by atoms with Crippen LogP contribution in [0.25, 0.3) is 0 Å². The molecule has 3 aliphatic rings. The summed E-state index contributed by atoms with van der Waals surface area (Å²) in [4.78, 5) is 11.9. The summed E-state index contributed by atoms with van der Waals surface area (Å²) in [6.45, 7) is 3.03. The highest BCUT2D eigenvalue weighted by Gasteiger charge is 2.58. The van der Waals surface area contributed by atoms with Crippen molar-refractivity contribution in [2.75, 3.05) is 13.7 Å². The summed E-state index contributed by atoms with van der Waals surface area (Å²) >= 11 is 0. The molecule has 1 amide bonds. The third-order valence-corrected chi connectivity index (χ3v) is 5.03. The lowest BCUT2D eigenvalue weighted by Gasteiger charge is -2.40. The number of amides is 1. The van der Waals surface area contributed by atoms with Crippen LogP contribution in [0.2, 0.25) is 0 Å². The van der Waals surface area contributed by atoms with E-state index in [9.17, 15) is 4.79 Å². The molecule has 0 spiro atoms. The molecule has 17 heavy (non-hydrogen) atoms. The van der Waals surface area contributed by atoms with Gasteiger partial charge in [0.15, 0.2) is 0 Å². The Morgan fingerprint density at radius 1 is 1.47 bits per heavy atom. The number of carbonyl (C=O) groups is 1. The molecular weight excluding hydrogens is 218 g/mol. The largest absolute Gasteiger partial charge is 0.381 e. The molecule has 0 aromatic carbocycles. The lowest BCUT2D eigenvalue weighted by Crippen LogP contribution is -2.51. The number of nitrogens with one attached hydrogen (secondary N) is 1. The van der Waals surface area contributed by atoms with Gasteiger partial charge in [0.2, 0.25) is 5.91 Å². The Kier molecular flexibility index (Phi) is 2.67. The first-order chi connectivity index (χ1) is 8.15. The predicted octanol–water partition coefficient (Wildman–Crippen LogP) is 1.10. The normalized spacial score (nSPS) is 49.4. The summed E-state index contributed by atoms with van der Waals surface area (Å²) in [5.41, 5.74) is 0.0473. The fourth-order valence-electron chi connectivity index (χ4n) is 3.96. The molecule has 96 valence electrons. The van der Waals surface area contributed by atoms with Crippen LogP contribution < -0.4 is 5.32 Å². The number of ether oxygens (including phenoxy) is 2. The fraction of sp³-hybridized carbons (Fsp3) is 0.923. The Morgan fingerprint density at radius 3 is 3.06 bits per heavy atom. The van der Waals surface area contributed by atoms with Crippen LogP contribution in [0.4, 0.5) is 0 Å². The van der Waals surface area contributed by atoms with Crippen molar-refractivity contribution in [1.82, 2.24) is 5.32 Å². The highest BCUT2D eigenvalue weighted by Crippen LogP contribution is 2.52. The number of piperidine rings is 1. The summed E-state index contributed by atoms with van der Waals surface area (Å²) in [6.07, 6.45) is 4.51. The van der Waals surface area contributed by atoms with Crippen LogP contribution in [0.15, 0.2) is 0 Å². The van der Waals surface area contributed by atoms with E-state index in [-0.39, 0.29) is 23.5 Å². The second kappa shape index (κ2) is 3.95. The number of hydrogen-bond acceptors (Lipinski definition) is 3. The van der Waals surface area contributed by atoms with Gasteiger partial charge in [-0.15, -0.1) is 0 Å². The minimum atomic E-state index is -0.234. The fourth-order valence-corrected chi connectivity index (χ4v) is 3.96. The number of methoxy groups -OCH3 is 1. The molecule has 1 aliphatic carbocycles. The Balaban J connectivity index is 1.83. The molecule has 2 heterocycles. The zero-order valence-electron chi connectivity index (χ0n) is 10.6. The number of rotatable bonds is 1. The van der Waals surface area contributed by atoms with Crippen LogP contribution in [0.5, 0.6) is 0 Å². The van der Waals surface area contributed by atoms with E-state index in [4.69, 9.17) is 9.47 Å². The standard InChI is InChI=1S/C13H21NO3/c1-13-5-6-14-12(15)11(13)17-10-7-8(16-2)3-4-9(10)13/h8-11H,3-7H2,1-2H3,(H,14,15). The van der Waals surface area contributed by atoms with Gasteiger partial charge in [-0.1, -0.05) is 6.92 Å². The molecule has 3 rings (SSSR count). The third-order valence-electron chi connectivity index (χ3n) is 5.03. The van der Waals surface area contributed by atoms with Gasteiger partial charge in [0, 0.05) is 25.5 Å². The Bertz CT molecular complexity index is 333. The molecule has 2 aliphatic heterocycles. The summed E-state index contributed by atoms with van der Waals surface area (Å²) in [6, 6.07) is 0. The van der Waals surface area contributed by atoms with E-state index < -0.39 is 0 Å². The minimum absolute atomic E-state index is 0.0473. The molecule has 0 radical (unpaired) electrons. The van der Waals surface area contributed by atoms with E-state index in [1.807, 2.05) is 0 Å². The Morgan fingerprint density at radius 2 is 2.29 bits per heavy atom. The number of carbonyl (C=O) groups excluding carboxylic acids is 1. The van der Waals surface area contributed by atoms with Gasteiger partial charge in [0.05, 0.1) is 12.2 Å². The monoisotopic (exact) mass is 239 g/mol. The van der Waals surface area contributed by atoms with Crippen LogP contribution in [-0.2, 0) is 14.3 Å². The Labute approximate surface area is 102 Å². The van der Waals surface area contributed by atoms with Crippen molar-refractivity contribution < 1.29 is 14.3 Å². The number of fused-ring (bicyclic) bond motifs is 3. The lowest BCUT2D eigenvalue weighted by atomic mass is 9.65. The summed E-state index contributed by atoms with van der Waals surface area (Å²) in [5, 5.41) is 2.92. The molecule has 2 saturated heterocycles. The molecule has 0 bridgehead atoms. The van der Waals surface area contributed by atoms with Crippen molar-refractivity contribution in [1.29, 1.82) is 0 Å². The third kappa shape index (κ3) is 1.61. The van der Waals surface area contributed by atoms with Gasteiger partial charge in [-0.3, -0.25) is 4.79 Å². The van der Waals surface area contributed by atoms with Crippen LogP contribution in [0.3, 0.4) is 0 Å². The average molecular weight is 239 g/mol. The first-order valence-corrected chi connectivity index (χ1v) is 6.61. The molecule has 1 saturated carbocycles. The lowest BCUT2D eigenvalue weighted by molar-refractivity contribution is -0.140.